The quantitative estimate of drug-likeness (QED) is 0.809. The number of benzene rings is 1. The Hall–Kier alpha value is -2.56. The van der Waals surface area contributed by atoms with Gasteiger partial charge in [0.2, 0.25) is 0 Å². The molecule has 1 amide bonds. The molecular weight excluding hydrogens is 302 g/mol. The molecule has 1 aromatic heterocycles. The average molecular weight is 327 g/mol. The Morgan fingerprint density at radius 2 is 1.96 bits per heavy atom. The number of nitrogens with zero attached hydrogens (tertiary/aromatic N) is 2. The molecule has 0 saturated heterocycles. The second-order valence-corrected chi connectivity index (χ2v) is 5.40. The highest BCUT2D eigenvalue weighted by Crippen LogP contribution is 2.18. The molecule has 5 heteroatoms. The van der Waals surface area contributed by atoms with Crippen LogP contribution in [-0.4, -0.2) is 42.5 Å². The van der Waals surface area contributed by atoms with Gasteiger partial charge in [0.05, 0.1) is 7.11 Å². The second-order valence-electron chi connectivity index (χ2n) is 5.40. The van der Waals surface area contributed by atoms with Crippen molar-refractivity contribution in [2.45, 2.75) is 20.3 Å². The summed E-state index contributed by atoms with van der Waals surface area (Å²) in [5.41, 5.74) is 2.53. The van der Waals surface area contributed by atoms with E-state index in [2.05, 4.69) is 16.4 Å². The number of rotatable bonds is 8. The molecule has 0 spiro atoms. The Balaban J connectivity index is 1.98. The van der Waals surface area contributed by atoms with Crippen LogP contribution < -0.4 is 10.1 Å². The molecule has 24 heavy (non-hydrogen) atoms. The lowest BCUT2D eigenvalue weighted by Gasteiger charge is -2.18. The van der Waals surface area contributed by atoms with Crippen molar-refractivity contribution in [1.82, 2.24) is 9.88 Å². The van der Waals surface area contributed by atoms with Crippen molar-refractivity contribution in [3.05, 3.63) is 53.9 Å². The van der Waals surface area contributed by atoms with E-state index in [9.17, 15) is 4.79 Å². The third-order valence-electron chi connectivity index (χ3n) is 3.95. The van der Waals surface area contributed by atoms with Crippen LogP contribution in [0.1, 0.15) is 29.9 Å². The molecule has 0 aliphatic heterocycles. The average Bonchev–Trinajstić information content (AvgIpc) is 2.63. The van der Waals surface area contributed by atoms with Crippen molar-refractivity contribution in [1.29, 1.82) is 0 Å². The summed E-state index contributed by atoms with van der Waals surface area (Å²) in [5, 5.41) is 3.35. The highest BCUT2D eigenvalue weighted by atomic mass is 16.5. The van der Waals surface area contributed by atoms with Crippen molar-refractivity contribution >= 4 is 11.6 Å². The molecule has 5 nitrogen and oxygen atoms in total. The predicted octanol–water partition coefficient (Wildman–Crippen LogP) is 3.23. The van der Waals surface area contributed by atoms with Crippen molar-refractivity contribution in [3.8, 4) is 5.75 Å². The lowest BCUT2D eigenvalue weighted by molar-refractivity contribution is 0.0767. The molecule has 0 fully saturated rings. The zero-order valence-corrected chi connectivity index (χ0v) is 14.6. The molecule has 1 N–H and O–H groups in total. The smallest absolute Gasteiger partial charge is 0.272 e. The molecule has 0 radical (unpaired) electrons. The molecular formula is C19H25N3O2. The van der Waals surface area contributed by atoms with Crippen LogP contribution >= 0.6 is 0 Å². The summed E-state index contributed by atoms with van der Waals surface area (Å²) in [6.45, 7) is 6.06. The van der Waals surface area contributed by atoms with E-state index in [1.54, 1.807) is 18.2 Å². The Kier molecular flexibility index (Phi) is 6.61. The minimum absolute atomic E-state index is 0.0339. The van der Waals surface area contributed by atoms with Crippen LogP contribution in [0.2, 0.25) is 0 Å². The van der Waals surface area contributed by atoms with Gasteiger partial charge in [-0.05, 0) is 44.0 Å². The minimum atomic E-state index is -0.0339. The van der Waals surface area contributed by atoms with E-state index in [0.717, 1.165) is 30.0 Å². The molecule has 0 atom stereocenters. The molecule has 0 unspecified atom stereocenters. The van der Waals surface area contributed by atoms with Crippen LogP contribution in [-0.2, 0) is 6.42 Å². The number of aromatic nitrogens is 1. The van der Waals surface area contributed by atoms with Gasteiger partial charge in [-0.25, -0.2) is 0 Å². The third-order valence-corrected chi connectivity index (χ3v) is 3.95. The monoisotopic (exact) mass is 327 g/mol. The maximum absolute atomic E-state index is 12.4. The first-order valence-corrected chi connectivity index (χ1v) is 8.30. The first-order chi connectivity index (χ1) is 11.7. The molecule has 0 bridgehead atoms. The van der Waals surface area contributed by atoms with E-state index in [-0.39, 0.29) is 5.91 Å². The standard InChI is InChI=1S/C19H25N3O2/c1-4-22(5-2)19(23)17-14-16(11-13-21-17)20-12-10-15-8-6-7-9-18(15)24-3/h6-9,11,13-14H,4-5,10,12H2,1-3H3,(H,20,21). The molecule has 128 valence electrons. The molecule has 0 aliphatic carbocycles. The number of hydrogen-bond donors (Lipinski definition) is 1. The van der Waals surface area contributed by atoms with Gasteiger partial charge in [-0.1, -0.05) is 18.2 Å². The van der Waals surface area contributed by atoms with Crippen LogP contribution in [0.3, 0.4) is 0 Å². The predicted molar refractivity (Wildman–Crippen MR) is 96.7 cm³/mol. The van der Waals surface area contributed by atoms with Crippen LogP contribution in [0.4, 0.5) is 5.69 Å². The Labute approximate surface area is 143 Å². The van der Waals surface area contributed by atoms with Gasteiger partial charge in [0.25, 0.3) is 5.91 Å². The van der Waals surface area contributed by atoms with Gasteiger partial charge in [0.15, 0.2) is 0 Å². The number of hydrogen-bond acceptors (Lipinski definition) is 4. The summed E-state index contributed by atoms with van der Waals surface area (Å²) in [6, 6.07) is 11.7. The van der Waals surface area contributed by atoms with Crippen LogP contribution in [0, 0.1) is 0 Å². The van der Waals surface area contributed by atoms with E-state index in [4.69, 9.17) is 4.74 Å². The fourth-order valence-corrected chi connectivity index (χ4v) is 2.58. The van der Waals surface area contributed by atoms with Gasteiger partial charge >= 0.3 is 0 Å². The SMILES string of the molecule is CCN(CC)C(=O)c1cc(NCCc2ccccc2OC)ccn1. The summed E-state index contributed by atoms with van der Waals surface area (Å²) in [7, 11) is 1.68. The van der Waals surface area contributed by atoms with Gasteiger partial charge in [-0.2, -0.15) is 0 Å². The van der Waals surface area contributed by atoms with E-state index >= 15 is 0 Å². The van der Waals surface area contributed by atoms with Gasteiger partial charge in [-0.3, -0.25) is 9.78 Å². The maximum atomic E-state index is 12.4. The Bertz CT molecular complexity index is 669. The molecule has 1 aromatic carbocycles. The fraction of sp³-hybridized carbons (Fsp3) is 0.368. The van der Waals surface area contributed by atoms with Crippen molar-refractivity contribution in [2.75, 3.05) is 32.1 Å². The van der Waals surface area contributed by atoms with Gasteiger partial charge in [0, 0.05) is 31.5 Å². The number of nitrogens with one attached hydrogen (secondary N) is 1. The van der Waals surface area contributed by atoms with Crippen LogP contribution in [0.5, 0.6) is 5.75 Å². The number of anilines is 1. The number of pyridine rings is 1. The van der Waals surface area contributed by atoms with E-state index in [1.165, 1.54) is 0 Å². The van der Waals surface area contributed by atoms with Crippen molar-refractivity contribution in [3.63, 3.8) is 0 Å². The first-order valence-electron chi connectivity index (χ1n) is 8.30. The zero-order chi connectivity index (χ0) is 17.4. The van der Waals surface area contributed by atoms with Crippen molar-refractivity contribution in [2.24, 2.45) is 0 Å². The molecule has 0 aliphatic rings. The van der Waals surface area contributed by atoms with Crippen LogP contribution in [0.15, 0.2) is 42.6 Å². The third kappa shape index (κ3) is 4.47. The topological polar surface area (TPSA) is 54.5 Å². The number of carbonyl (C=O) groups excluding carboxylic acids is 1. The van der Waals surface area contributed by atoms with E-state index in [1.807, 2.05) is 44.2 Å². The van der Waals surface area contributed by atoms with E-state index < -0.39 is 0 Å². The Morgan fingerprint density at radius 1 is 1.21 bits per heavy atom. The Morgan fingerprint density at radius 3 is 2.67 bits per heavy atom. The molecule has 0 saturated carbocycles. The number of amides is 1. The lowest BCUT2D eigenvalue weighted by Crippen LogP contribution is -2.31. The van der Waals surface area contributed by atoms with Crippen LogP contribution in [0.25, 0.3) is 0 Å². The highest BCUT2D eigenvalue weighted by molar-refractivity contribution is 5.93. The molecule has 2 aromatic rings. The van der Waals surface area contributed by atoms with Gasteiger partial charge in [-0.15, -0.1) is 0 Å². The van der Waals surface area contributed by atoms with Gasteiger partial charge < -0.3 is 15.0 Å². The summed E-state index contributed by atoms with van der Waals surface area (Å²) < 4.78 is 5.36. The highest BCUT2D eigenvalue weighted by Gasteiger charge is 2.14. The summed E-state index contributed by atoms with van der Waals surface area (Å²) in [6.07, 6.45) is 2.51. The molecule has 1 heterocycles. The van der Waals surface area contributed by atoms with Gasteiger partial charge in [0.1, 0.15) is 11.4 Å². The lowest BCUT2D eigenvalue weighted by atomic mass is 10.1. The minimum Gasteiger partial charge on any atom is -0.496 e. The second kappa shape index (κ2) is 8.91. The number of carbonyl (C=O) groups is 1. The number of methoxy groups -OCH3 is 1. The first kappa shape index (κ1) is 17.8. The summed E-state index contributed by atoms with van der Waals surface area (Å²) >= 11 is 0. The van der Waals surface area contributed by atoms with Crippen molar-refractivity contribution < 1.29 is 9.53 Å². The summed E-state index contributed by atoms with van der Waals surface area (Å²) in [5.74, 6) is 0.861. The number of ether oxygens (including phenoxy) is 1. The molecule has 2 rings (SSSR count). The summed E-state index contributed by atoms with van der Waals surface area (Å²) in [4.78, 5) is 18.3. The normalized spacial score (nSPS) is 10.3. The maximum Gasteiger partial charge on any atom is 0.272 e. The zero-order valence-electron chi connectivity index (χ0n) is 14.6. The van der Waals surface area contributed by atoms with E-state index in [0.29, 0.717) is 18.8 Å². The fourth-order valence-electron chi connectivity index (χ4n) is 2.58. The largest absolute Gasteiger partial charge is 0.496 e. The number of para-hydroxylation sites is 1.